The maximum absolute atomic E-state index is 9.47. The molecule has 0 bridgehead atoms. The predicted octanol–water partition coefficient (Wildman–Crippen LogP) is 4.12. The van der Waals surface area contributed by atoms with Gasteiger partial charge in [0.25, 0.3) is 0 Å². The van der Waals surface area contributed by atoms with Crippen LogP contribution in [0.15, 0.2) is 48.5 Å². The molecule has 0 aliphatic carbocycles. The molecule has 1 saturated heterocycles. The summed E-state index contributed by atoms with van der Waals surface area (Å²) in [6, 6.07) is 13.1. The maximum Gasteiger partial charge on any atom is 0.199 e. The van der Waals surface area contributed by atoms with Crippen molar-refractivity contribution in [3.63, 3.8) is 0 Å². The molecule has 1 unspecified atom stereocenters. The zero-order valence-corrected chi connectivity index (χ0v) is 13.4. The van der Waals surface area contributed by atoms with Crippen LogP contribution in [0.5, 0.6) is 17.2 Å². The van der Waals surface area contributed by atoms with E-state index in [0.29, 0.717) is 6.61 Å². The third-order valence-corrected chi connectivity index (χ3v) is 4.35. The smallest absolute Gasteiger partial charge is 0.199 e. The molecule has 2 heterocycles. The van der Waals surface area contributed by atoms with Crippen molar-refractivity contribution in [3.8, 4) is 17.2 Å². The average Bonchev–Trinajstić information content (AvgIpc) is 2.63. The third-order valence-electron chi connectivity index (χ3n) is 4.35. The summed E-state index contributed by atoms with van der Waals surface area (Å²) < 4.78 is 17.3. The van der Waals surface area contributed by atoms with Gasteiger partial charge in [0.15, 0.2) is 6.29 Å². The fraction of sp³-hybridized carbons (Fsp3) is 0.300. The summed E-state index contributed by atoms with van der Waals surface area (Å²) in [5.74, 6) is 1.85. The van der Waals surface area contributed by atoms with E-state index in [9.17, 15) is 5.11 Å². The van der Waals surface area contributed by atoms with Crippen LogP contribution < -0.4 is 9.47 Å². The van der Waals surface area contributed by atoms with Crippen LogP contribution in [0.25, 0.3) is 5.57 Å². The molecule has 2 aromatic rings. The maximum atomic E-state index is 9.47. The van der Waals surface area contributed by atoms with Gasteiger partial charge >= 0.3 is 0 Å². The molecule has 0 amide bonds. The summed E-state index contributed by atoms with van der Waals surface area (Å²) in [4.78, 5) is 0. The molecule has 0 aromatic heterocycles. The quantitative estimate of drug-likeness (QED) is 0.922. The Balaban J connectivity index is 1.58. The molecule has 0 saturated carbocycles. The molecule has 24 heavy (non-hydrogen) atoms. The Morgan fingerprint density at radius 2 is 1.92 bits per heavy atom. The molecule has 2 aliphatic heterocycles. The van der Waals surface area contributed by atoms with Gasteiger partial charge in [-0.3, -0.25) is 0 Å². The van der Waals surface area contributed by atoms with Crippen LogP contribution in [0.4, 0.5) is 0 Å². The zero-order valence-electron chi connectivity index (χ0n) is 13.4. The van der Waals surface area contributed by atoms with E-state index in [4.69, 9.17) is 14.2 Å². The first-order chi connectivity index (χ1) is 11.8. The minimum absolute atomic E-state index is 0.160. The molecule has 124 valence electrons. The summed E-state index contributed by atoms with van der Waals surface area (Å²) in [7, 11) is 0. The number of hydrogen-bond acceptors (Lipinski definition) is 4. The van der Waals surface area contributed by atoms with Crippen molar-refractivity contribution in [1.29, 1.82) is 0 Å². The minimum atomic E-state index is -0.160. The molecule has 1 atom stereocenters. The lowest BCUT2D eigenvalue weighted by Gasteiger charge is -2.25. The first-order valence-corrected chi connectivity index (χ1v) is 8.35. The molecule has 4 nitrogen and oxygen atoms in total. The fourth-order valence-corrected chi connectivity index (χ4v) is 3.11. The Labute approximate surface area is 141 Å². The molecule has 4 heteroatoms. The highest BCUT2D eigenvalue weighted by molar-refractivity contribution is 5.84. The lowest BCUT2D eigenvalue weighted by atomic mass is 9.95. The van der Waals surface area contributed by atoms with Crippen LogP contribution in [0.2, 0.25) is 0 Å². The number of aromatic hydroxyl groups is 1. The van der Waals surface area contributed by atoms with Gasteiger partial charge in [0, 0.05) is 18.1 Å². The third kappa shape index (κ3) is 3.10. The first-order valence-electron chi connectivity index (χ1n) is 8.35. The Kier molecular flexibility index (Phi) is 4.13. The van der Waals surface area contributed by atoms with Crippen molar-refractivity contribution < 1.29 is 19.3 Å². The number of phenols is 1. The minimum Gasteiger partial charge on any atom is -0.508 e. The Hall–Kier alpha value is -2.46. The second-order valence-corrected chi connectivity index (χ2v) is 6.05. The Bertz CT molecular complexity index is 743. The lowest BCUT2D eigenvalue weighted by molar-refractivity contribution is -0.105. The highest BCUT2D eigenvalue weighted by Gasteiger charge is 2.19. The van der Waals surface area contributed by atoms with E-state index in [1.54, 1.807) is 12.1 Å². The number of fused-ring (bicyclic) bond motifs is 1. The standard InChI is InChI=1S/C20H20O4/c21-15-6-4-14(5-7-15)17-10-12-22-19-13-16(8-9-18(17)19)24-20-3-1-2-11-23-20/h4-10,13,20-21H,1-3,11-12H2. The van der Waals surface area contributed by atoms with Crippen LogP contribution in [0, 0.1) is 0 Å². The first kappa shape index (κ1) is 15.1. The van der Waals surface area contributed by atoms with Crippen LogP contribution in [-0.2, 0) is 4.74 Å². The molecule has 2 aliphatic rings. The summed E-state index contributed by atoms with van der Waals surface area (Å²) >= 11 is 0. The molecule has 0 radical (unpaired) electrons. The molecular formula is C20H20O4. The van der Waals surface area contributed by atoms with Crippen molar-refractivity contribution in [1.82, 2.24) is 0 Å². The van der Waals surface area contributed by atoms with Crippen LogP contribution in [0.1, 0.15) is 30.4 Å². The van der Waals surface area contributed by atoms with Crippen molar-refractivity contribution >= 4 is 5.57 Å². The number of benzene rings is 2. The normalized spacial score (nSPS) is 19.8. The summed E-state index contributed by atoms with van der Waals surface area (Å²) in [5.41, 5.74) is 3.20. The van der Waals surface area contributed by atoms with Gasteiger partial charge in [-0.2, -0.15) is 0 Å². The predicted molar refractivity (Wildman–Crippen MR) is 91.3 cm³/mol. The zero-order chi connectivity index (χ0) is 16.4. The topological polar surface area (TPSA) is 47.9 Å². The van der Waals surface area contributed by atoms with E-state index in [2.05, 4.69) is 6.08 Å². The van der Waals surface area contributed by atoms with Gasteiger partial charge in [-0.25, -0.2) is 0 Å². The van der Waals surface area contributed by atoms with E-state index in [0.717, 1.165) is 54.1 Å². The molecular weight excluding hydrogens is 304 g/mol. The number of ether oxygens (including phenoxy) is 3. The van der Waals surface area contributed by atoms with Crippen molar-refractivity contribution in [2.45, 2.75) is 25.6 Å². The van der Waals surface area contributed by atoms with Gasteiger partial charge in [0.05, 0.1) is 6.61 Å². The van der Waals surface area contributed by atoms with E-state index in [1.165, 1.54) is 0 Å². The average molecular weight is 324 g/mol. The Morgan fingerprint density at radius 1 is 1.04 bits per heavy atom. The molecule has 2 aromatic carbocycles. The fourth-order valence-electron chi connectivity index (χ4n) is 3.11. The second kappa shape index (κ2) is 6.57. The van der Waals surface area contributed by atoms with Crippen LogP contribution in [0.3, 0.4) is 0 Å². The number of phenolic OH excluding ortho intramolecular Hbond substituents is 1. The van der Waals surface area contributed by atoms with Crippen molar-refractivity contribution in [2.75, 3.05) is 13.2 Å². The van der Waals surface area contributed by atoms with Gasteiger partial charge in [0.2, 0.25) is 0 Å². The second-order valence-electron chi connectivity index (χ2n) is 6.05. The number of rotatable bonds is 3. The largest absolute Gasteiger partial charge is 0.508 e. The Morgan fingerprint density at radius 3 is 2.71 bits per heavy atom. The van der Waals surface area contributed by atoms with E-state index < -0.39 is 0 Å². The highest BCUT2D eigenvalue weighted by Crippen LogP contribution is 2.37. The van der Waals surface area contributed by atoms with Crippen molar-refractivity contribution in [2.24, 2.45) is 0 Å². The monoisotopic (exact) mass is 324 g/mol. The van der Waals surface area contributed by atoms with Gasteiger partial charge in [0.1, 0.15) is 23.9 Å². The van der Waals surface area contributed by atoms with Crippen LogP contribution >= 0.6 is 0 Å². The van der Waals surface area contributed by atoms with Gasteiger partial charge < -0.3 is 19.3 Å². The van der Waals surface area contributed by atoms with E-state index in [-0.39, 0.29) is 12.0 Å². The highest BCUT2D eigenvalue weighted by atomic mass is 16.7. The SMILES string of the molecule is Oc1ccc(C2=CCOc3cc(OC4CCCCO4)ccc32)cc1. The lowest BCUT2D eigenvalue weighted by Crippen LogP contribution is -2.25. The molecule has 4 rings (SSSR count). The van der Waals surface area contributed by atoms with Gasteiger partial charge in [-0.15, -0.1) is 0 Å². The van der Waals surface area contributed by atoms with Gasteiger partial charge in [-0.1, -0.05) is 12.1 Å². The van der Waals surface area contributed by atoms with Crippen LogP contribution in [-0.4, -0.2) is 24.6 Å². The van der Waals surface area contributed by atoms with E-state index in [1.807, 2.05) is 30.3 Å². The molecule has 0 spiro atoms. The number of hydrogen-bond donors (Lipinski definition) is 1. The van der Waals surface area contributed by atoms with E-state index >= 15 is 0 Å². The molecule has 1 fully saturated rings. The molecule has 1 N–H and O–H groups in total. The van der Waals surface area contributed by atoms with Gasteiger partial charge in [-0.05, 0) is 54.3 Å². The van der Waals surface area contributed by atoms with Crippen molar-refractivity contribution in [3.05, 3.63) is 59.7 Å². The summed E-state index contributed by atoms with van der Waals surface area (Å²) in [6.07, 6.45) is 5.07. The summed E-state index contributed by atoms with van der Waals surface area (Å²) in [5, 5.41) is 9.47. The summed E-state index contributed by atoms with van der Waals surface area (Å²) in [6.45, 7) is 1.28.